The third kappa shape index (κ3) is 2.60. The van der Waals surface area contributed by atoms with Crippen LogP contribution in [0.4, 0.5) is 5.69 Å². The van der Waals surface area contributed by atoms with Crippen LogP contribution < -0.4 is 5.32 Å². The van der Waals surface area contributed by atoms with Crippen molar-refractivity contribution in [3.8, 4) is 0 Å². The Morgan fingerprint density at radius 1 is 0.794 bits per heavy atom. The Kier molecular flexibility index (Phi) is 4.51. The number of anilines is 1. The Morgan fingerprint density at radius 3 is 1.62 bits per heavy atom. The highest BCUT2D eigenvalue weighted by atomic mass is 35.5. The molecular formula is C27H20Cl2N2O3. The van der Waals surface area contributed by atoms with Gasteiger partial charge in [0, 0.05) is 5.69 Å². The summed E-state index contributed by atoms with van der Waals surface area (Å²) in [6, 6.07) is 22.2. The molecular weight excluding hydrogens is 471 g/mol. The van der Waals surface area contributed by atoms with E-state index in [1.165, 1.54) is 0 Å². The van der Waals surface area contributed by atoms with E-state index in [0.717, 1.165) is 32.7 Å². The largest absolute Gasteiger partial charge is 0.325 e. The molecule has 2 atom stereocenters. The molecule has 0 radical (unpaired) electrons. The van der Waals surface area contributed by atoms with Crippen molar-refractivity contribution in [2.24, 2.45) is 11.8 Å². The van der Waals surface area contributed by atoms with E-state index < -0.39 is 45.9 Å². The van der Waals surface area contributed by atoms with E-state index in [-0.39, 0.29) is 0 Å². The molecule has 3 aromatic rings. The summed E-state index contributed by atoms with van der Waals surface area (Å²) >= 11 is 14.7. The molecule has 1 saturated heterocycles. The highest BCUT2D eigenvalue weighted by Crippen LogP contribution is 2.69. The first-order valence-corrected chi connectivity index (χ1v) is 11.8. The Balaban J connectivity index is 1.42. The number of nitrogens with one attached hydrogen (secondary N) is 1. The Morgan fingerprint density at radius 2 is 1.21 bits per heavy atom. The van der Waals surface area contributed by atoms with Crippen molar-refractivity contribution in [3.05, 3.63) is 101 Å². The number of likely N-dealkylation sites (tertiary alicyclic amines) is 1. The molecule has 1 heterocycles. The van der Waals surface area contributed by atoms with E-state index in [4.69, 9.17) is 23.2 Å². The second kappa shape index (κ2) is 7.17. The van der Waals surface area contributed by atoms with Gasteiger partial charge in [-0.1, -0.05) is 66.2 Å². The van der Waals surface area contributed by atoms with Crippen LogP contribution in [0.5, 0.6) is 0 Å². The van der Waals surface area contributed by atoms with Gasteiger partial charge in [-0.05, 0) is 41.3 Å². The van der Waals surface area contributed by atoms with Crippen LogP contribution in [0.2, 0.25) is 0 Å². The van der Waals surface area contributed by atoms with Gasteiger partial charge >= 0.3 is 0 Å². The molecule has 0 aromatic heterocycles. The minimum Gasteiger partial charge on any atom is -0.325 e. The molecule has 5 nitrogen and oxygen atoms in total. The summed E-state index contributed by atoms with van der Waals surface area (Å²) in [6.45, 7) is 1.55. The SMILES string of the molecule is Cc1ccc(NC(=O)CN2C(=O)[C@H]3[C@H](C2=O)C2(Cl)c4ccccc4C3(Cl)c3ccccc32)cc1. The number of carbonyl (C=O) groups is 3. The number of alkyl halides is 2. The molecule has 34 heavy (non-hydrogen) atoms. The van der Waals surface area contributed by atoms with Crippen LogP contribution in [-0.2, 0) is 24.1 Å². The quantitative estimate of drug-likeness (QED) is 0.433. The first kappa shape index (κ1) is 21.4. The number of halogens is 2. The molecule has 0 unspecified atom stereocenters. The van der Waals surface area contributed by atoms with Gasteiger partial charge in [0.15, 0.2) is 0 Å². The monoisotopic (exact) mass is 490 g/mol. The molecule has 2 bridgehead atoms. The zero-order valence-corrected chi connectivity index (χ0v) is 19.7. The third-order valence-electron chi connectivity index (χ3n) is 7.31. The van der Waals surface area contributed by atoms with Crippen molar-refractivity contribution < 1.29 is 14.4 Å². The fraction of sp³-hybridized carbons (Fsp3) is 0.222. The lowest BCUT2D eigenvalue weighted by molar-refractivity contribution is -0.142. The van der Waals surface area contributed by atoms with Crippen molar-refractivity contribution in [3.63, 3.8) is 0 Å². The standard InChI is InChI=1S/C27H20Cl2N2O3/c1-15-10-12-16(13-11-15)30-21(32)14-31-24(33)22-23(25(31)34)27(29)18-7-3-2-6-17(18)26(22,28)19-8-4-5-9-20(19)27/h2-13,22-23H,14H2,1H3,(H,30,32)/t22-,23-,26?,27?/m1/s1. The summed E-state index contributed by atoms with van der Waals surface area (Å²) in [6.07, 6.45) is 0. The molecule has 7 rings (SSSR count). The molecule has 3 aromatic carbocycles. The Bertz CT molecular complexity index is 1260. The second-order valence-electron chi connectivity index (χ2n) is 9.15. The smallest absolute Gasteiger partial charge is 0.244 e. The molecule has 7 heteroatoms. The first-order chi connectivity index (χ1) is 16.3. The van der Waals surface area contributed by atoms with Gasteiger partial charge in [-0.3, -0.25) is 19.3 Å². The van der Waals surface area contributed by atoms with Crippen molar-refractivity contribution in [1.82, 2.24) is 4.90 Å². The van der Waals surface area contributed by atoms with Crippen LogP contribution >= 0.6 is 23.2 Å². The van der Waals surface area contributed by atoms with Gasteiger partial charge in [0.2, 0.25) is 17.7 Å². The van der Waals surface area contributed by atoms with E-state index in [1.807, 2.05) is 67.6 Å². The predicted octanol–water partition coefficient (Wildman–Crippen LogP) is 4.53. The second-order valence-corrected chi connectivity index (χ2v) is 10.3. The minimum absolute atomic E-state index is 0.398. The maximum absolute atomic E-state index is 13.7. The van der Waals surface area contributed by atoms with Crippen LogP contribution in [0.15, 0.2) is 72.8 Å². The van der Waals surface area contributed by atoms with Gasteiger partial charge in [-0.25, -0.2) is 0 Å². The first-order valence-electron chi connectivity index (χ1n) is 11.1. The average Bonchev–Trinajstić information content (AvgIpc) is 3.10. The van der Waals surface area contributed by atoms with E-state index in [2.05, 4.69) is 5.32 Å². The molecule has 0 spiro atoms. The van der Waals surface area contributed by atoms with Crippen molar-refractivity contribution >= 4 is 46.6 Å². The van der Waals surface area contributed by atoms with E-state index in [9.17, 15) is 14.4 Å². The Hall–Kier alpha value is -3.15. The van der Waals surface area contributed by atoms with E-state index in [0.29, 0.717) is 5.69 Å². The predicted molar refractivity (Wildman–Crippen MR) is 130 cm³/mol. The number of amides is 3. The highest BCUT2D eigenvalue weighted by Gasteiger charge is 2.73. The normalized spacial score (nSPS) is 28.4. The number of nitrogens with zero attached hydrogens (tertiary/aromatic N) is 1. The molecule has 3 amide bonds. The summed E-state index contributed by atoms with van der Waals surface area (Å²) in [5, 5.41) is 2.76. The van der Waals surface area contributed by atoms with Crippen LogP contribution in [0, 0.1) is 18.8 Å². The molecule has 1 N–H and O–H groups in total. The van der Waals surface area contributed by atoms with Gasteiger partial charge < -0.3 is 5.32 Å². The molecule has 1 aliphatic heterocycles. The minimum atomic E-state index is -1.25. The lowest BCUT2D eigenvalue weighted by atomic mass is 9.54. The lowest BCUT2D eigenvalue weighted by Crippen LogP contribution is -2.57. The summed E-state index contributed by atoms with van der Waals surface area (Å²) in [4.78, 5) is 38.8. The number of hydrogen-bond acceptors (Lipinski definition) is 3. The van der Waals surface area contributed by atoms with Crippen molar-refractivity contribution in [2.75, 3.05) is 11.9 Å². The Labute approximate surface area is 206 Å². The maximum Gasteiger partial charge on any atom is 0.244 e. The lowest BCUT2D eigenvalue weighted by Gasteiger charge is -2.54. The summed E-state index contributed by atoms with van der Waals surface area (Å²) in [7, 11) is 0. The summed E-state index contributed by atoms with van der Waals surface area (Å²) in [5.41, 5.74) is 4.59. The number of imide groups is 1. The number of carbonyl (C=O) groups excluding carboxylic acids is 3. The maximum atomic E-state index is 13.7. The summed E-state index contributed by atoms with van der Waals surface area (Å²) in [5.74, 6) is -3.22. The molecule has 1 fully saturated rings. The number of aryl methyl sites for hydroxylation is 1. The fourth-order valence-corrected chi connectivity index (χ4v) is 6.96. The zero-order chi connectivity index (χ0) is 23.8. The van der Waals surface area contributed by atoms with Gasteiger partial charge in [-0.15, -0.1) is 23.2 Å². The van der Waals surface area contributed by atoms with Crippen LogP contribution in [-0.4, -0.2) is 29.2 Å². The topological polar surface area (TPSA) is 66.5 Å². The number of benzene rings is 3. The highest BCUT2D eigenvalue weighted by molar-refractivity contribution is 6.36. The number of hydrogen-bond donors (Lipinski definition) is 1. The van der Waals surface area contributed by atoms with Gasteiger partial charge in [0.1, 0.15) is 16.3 Å². The van der Waals surface area contributed by atoms with Crippen LogP contribution in [0.25, 0.3) is 0 Å². The fourth-order valence-electron chi connectivity index (χ4n) is 5.86. The van der Waals surface area contributed by atoms with Crippen LogP contribution in [0.3, 0.4) is 0 Å². The average molecular weight is 491 g/mol. The van der Waals surface area contributed by atoms with Crippen LogP contribution in [0.1, 0.15) is 27.8 Å². The zero-order valence-electron chi connectivity index (χ0n) is 18.2. The van der Waals surface area contributed by atoms with Gasteiger partial charge in [0.05, 0.1) is 11.8 Å². The van der Waals surface area contributed by atoms with E-state index >= 15 is 0 Å². The van der Waals surface area contributed by atoms with Crippen molar-refractivity contribution in [1.29, 1.82) is 0 Å². The molecule has 3 aliphatic carbocycles. The summed E-state index contributed by atoms with van der Waals surface area (Å²) < 4.78 is 0. The van der Waals surface area contributed by atoms with Crippen molar-refractivity contribution in [2.45, 2.75) is 16.7 Å². The van der Waals surface area contributed by atoms with Gasteiger partial charge in [-0.2, -0.15) is 0 Å². The number of rotatable bonds is 3. The molecule has 4 aliphatic rings. The molecule has 0 saturated carbocycles. The third-order valence-corrected chi connectivity index (χ3v) is 8.60. The van der Waals surface area contributed by atoms with Gasteiger partial charge in [0.25, 0.3) is 0 Å². The molecule has 170 valence electrons. The van der Waals surface area contributed by atoms with E-state index in [1.54, 1.807) is 12.1 Å².